The van der Waals surface area contributed by atoms with Crippen LogP contribution < -0.4 is 15.4 Å². The normalized spacial score (nSPS) is 11.6. The zero-order valence-electron chi connectivity index (χ0n) is 13.2. The number of hydrogen-bond acceptors (Lipinski definition) is 3. The first-order valence-corrected chi connectivity index (χ1v) is 7.42. The summed E-state index contributed by atoms with van der Waals surface area (Å²) in [7, 11) is 1.63. The molecule has 116 valence electrons. The summed E-state index contributed by atoms with van der Waals surface area (Å²) in [4.78, 5) is 12.2. The van der Waals surface area contributed by atoms with E-state index in [2.05, 4.69) is 17.6 Å². The Hall–Kier alpha value is -2.49. The van der Waals surface area contributed by atoms with E-state index in [9.17, 15) is 4.79 Å². The molecule has 1 amide bonds. The lowest BCUT2D eigenvalue weighted by Crippen LogP contribution is -2.31. The van der Waals surface area contributed by atoms with E-state index in [1.807, 2.05) is 55.5 Å². The van der Waals surface area contributed by atoms with Gasteiger partial charge in [-0.25, -0.2) is 0 Å². The van der Waals surface area contributed by atoms with Crippen LogP contribution in [0.3, 0.4) is 0 Å². The maximum absolute atomic E-state index is 12.2. The third kappa shape index (κ3) is 4.25. The zero-order chi connectivity index (χ0) is 15.9. The summed E-state index contributed by atoms with van der Waals surface area (Å²) in [6.07, 6.45) is 0.990. The highest BCUT2D eigenvalue weighted by Gasteiger charge is 2.12. The molecule has 0 fully saturated rings. The quantitative estimate of drug-likeness (QED) is 0.855. The van der Waals surface area contributed by atoms with E-state index in [4.69, 9.17) is 4.74 Å². The molecule has 0 aliphatic heterocycles. The van der Waals surface area contributed by atoms with E-state index in [-0.39, 0.29) is 11.9 Å². The largest absolute Gasteiger partial charge is 0.497 e. The standard InChI is InChI=1S/C18H22N2O2/c1-4-14-5-7-16(8-6-14)20-18(21)13(2)19-15-9-11-17(22-3)12-10-15/h5-13,19H,4H2,1-3H3,(H,20,21). The molecule has 2 N–H and O–H groups in total. The molecule has 22 heavy (non-hydrogen) atoms. The van der Waals surface area contributed by atoms with Gasteiger partial charge in [0.15, 0.2) is 0 Å². The summed E-state index contributed by atoms with van der Waals surface area (Å²) in [5.74, 6) is 0.721. The molecule has 0 saturated heterocycles. The molecule has 1 atom stereocenters. The van der Waals surface area contributed by atoms with Crippen molar-refractivity contribution in [1.29, 1.82) is 0 Å². The molecule has 0 radical (unpaired) electrons. The van der Waals surface area contributed by atoms with Crippen LogP contribution in [0.4, 0.5) is 11.4 Å². The molecule has 2 rings (SSSR count). The highest BCUT2D eigenvalue weighted by atomic mass is 16.5. The molecule has 1 unspecified atom stereocenters. The van der Waals surface area contributed by atoms with Gasteiger partial charge < -0.3 is 15.4 Å². The molecule has 0 aromatic heterocycles. The van der Waals surface area contributed by atoms with Crippen molar-refractivity contribution >= 4 is 17.3 Å². The summed E-state index contributed by atoms with van der Waals surface area (Å²) in [5, 5.41) is 6.08. The van der Waals surface area contributed by atoms with E-state index < -0.39 is 0 Å². The van der Waals surface area contributed by atoms with Crippen molar-refractivity contribution in [2.75, 3.05) is 17.7 Å². The van der Waals surface area contributed by atoms with Gasteiger partial charge in [0.1, 0.15) is 11.8 Å². The average Bonchev–Trinajstić information content (AvgIpc) is 2.56. The van der Waals surface area contributed by atoms with Gasteiger partial charge in [0, 0.05) is 11.4 Å². The highest BCUT2D eigenvalue weighted by Crippen LogP contribution is 2.16. The SMILES string of the molecule is CCc1ccc(NC(=O)C(C)Nc2ccc(OC)cc2)cc1. The van der Waals surface area contributed by atoms with Gasteiger partial charge in [0.05, 0.1) is 7.11 Å². The van der Waals surface area contributed by atoms with Gasteiger partial charge in [-0.1, -0.05) is 19.1 Å². The Bertz CT molecular complexity index is 606. The van der Waals surface area contributed by atoms with Gasteiger partial charge in [0.2, 0.25) is 5.91 Å². The van der Waals surface area contributed by atoms with Crippen LogP contribution in [-0.4, -0.2) is 19.1 Å². The van der Waals surface area contributed by atoms with Gasteiger partial charge in [-0.3, -0.25) is 4.79 Å². The molecule has 2 aromatic carbocycles. The lowest BCUT2D eigenvalue weighted by atomic mass is 10.1. The Balaban J connectivity index is 1.92. The number of carbonyl (C=O) groups excluding carboxylic acids is 1. The van der Waals surface area contributed by atoms with Crippen LogP contribution in [0.2, 0.25) is 0 Å². The van der Waals surface area contributed by atoms with Crippen molar-refractivity contribution in [3.63, 3.8) is 0 Å². The number of hydrogen-bond donors (Lipinski definition) is 2. The summed E-state index contributed by atoms with van der Waals surface area (Å²) < 4.78 is 5.11. The summed E-state index contributed by atoms with van der Waals surface area (Å²) >= 11 is 0. The number of amides is 1. The van der Waals surface area contributed by atoms with Crippen LogP contribution in [0.5, 0.6) is 5.75 Å². The van der Waals surface area contributed by atoms with Crippen molar-refractivity contribution in [1.82, 2.24) is 0 Å². The molecule has 0 bridgehead atoms. The number of ether oxygens (including phenoxy) is 1. The second-order valence-corrected chi connectivity index (χ2v) is 5.13. The summed E-state index contributed by atoms with van der Waals surface area (Å²) in [6, 6.07) is 15.1. The molecular weight excluding hydrogens is 276 g/mol. The summed E-state index contributed by atoms with van der Waals surface area (Å²) in [5.41, 5.74) is 2.94. The Kier molecular flexibility index (Phi) is 5.42. The third-order valence-electron chi connectivity index (χ3n) is 3.50. The Labute approximate surface area is 131 Å². The first-order valence-electron chi connectivity index (χ1n) is 7.42. The molecule has 2 aromatic rings. The number of benzene rings is 2. The van der Waals surface area contributed by atoms with Crippen molar-refractivity contribution < 1.29 is 9.53 Å². The molecular formula is C18H22N2O2. The van der Waals surface area contributed by atoms with Gasteiger partial charge >= 0.3 is 0 Å². The van der Waals surface area contributed by atoms with Crippen LogP contribution in [0, 0.1) is 0 Å². The van der Waals surface area contributed by atoms with Gasteiger partial charge in [-0.15, -0.1) is 0 Å². The first-order chi connectivity index (χ1) is 10.6. The van der Waals surface area contributed by atoms with Crippen LogP contribution in [0.1, 0.15) is 19.4 Å². The number of nitrogens with one attached hydrogen (secondary N) is 2. The fourth-order valence-electron chi connectivity index (χ4n) is 2.08. The lowest BCUT2D eigenvalue weighted by Gasteiger charge is -2.15. The van der Waals surface area contributed by atoms with Crippen molar-refractivity contribution in [3.8, 4) is 5.75 Å². The molecule has 0 aliphatic carbocycles. The van der Waals surface area contributed by atoms with Crippen LogP contribution in [-0.2, 0) is 11.2 Å². The Morgan fingerprint density at radius 2 is 1.64 bits per heavy atom. The third-order valence-corrected chi connectivity index (χ3v) is 3.50. The van der Waals surface area contributed by atoms with E-state index in [1.165, 1.54) is 5.56 Å². The van der Waals surface area contributed by atoms with E-state index >= 15 is 0 Å². The number of anilines is 2. The number of carbonyl (C=O) groups is 1. The smallest absolute Gasteiger partial charge is 0.246 e. The second-order valence-electron chi connectivity index (χ2n) is 5.13. The number of methoxy groups -OCH3 is 1. The fourth-order valence-corrected chi connectivity index (χ4v) is 2.08. The number of aryl methyl sites for hydroxylation is 1. The minimum Gasteiger partial charge on any atom is -0.497 e. The Morgan fingerprint density at radius 3 is 2.18 bits per heavy atom. The minimum atomic E-state index is -0.334. The van der Waals surface area contributed by atoms with Crippen molar-refractivity contribution in [2.24, 2.45) is 0 Å². The lowest BCUT2D eigenvalue weighted by molar-refractivity contribution is -0.116. The minimum absolute atomic E-state index is 0.0694. The monoisotopic (exact) mass is 298 g/mol. The summed E-state index contributed by atoms with van der Waals surface area (Å²) in [6.45, 7) is 3.94. The van der Waals surface area contributed by atoms with Crippen LogP contribution in [0.25, 0.3) is 0 Å². The predicted molar refractivity (Wildman–Crippen MR) is 90.5 cm³/mol. The topological polar surface area (TPSA) is 50.4 Å². The number of rotatable bonds is 6. The van der Waals surface area contributed by atoms with Crippen molar-refractivity contribution in [3.05, 3.63) is 54.1 Å². The molecule has 0 aliphatic rings. The van der Waals surface area contributed by atoms with Gasteiger partial charge in [-0.05, 0) is 55.3 Å². The fraction of sp³-hybridized carbons (Fsp3) is 0.278. The second kappa shape index (κ2) is 7.50. The van der Waals surface area contributed by atoms with E-state index in [0.717, 1.165) is 23.5 Å². The zero-order valence-corrected chi connectivity index (χ0v) is 13.2. The molecule has 0 saturated carbocycles. The molecule has 0 heterocycles. The van der Waals surface area contributed by atoms with Gasteiger partial charge in [0.25, 0.3) is 0 Å². The van der Waals surface area contributed by atoms with Crippen LogP contribution >= 0.6 is 0 Å². The Morgan fingerprint density at radius 1 is 1.05 bits per heavy atom. The maximum atomic E-state index is 12.2. The van der Waals surface area contributed by atoms with E-state index in [0.29, 0.717) is 0 Å². The maximum Gasteiger partial charge on any atom is 0.246 e. The highest BCUT2D eigenvalue weighted by molar-refractivity contribution is 5.96. The van der Waals surface area contributed by atoms with Crippen LogP contribution in [0.15, 0.2) is 48.5 Å². The van der Waals surface area contributed by atoms with Gasteiger partial charge in [-0.2, -0.15) is 0 Å². The van der Waals surface area contributed by atoms with Crippen molar-refractivity contribution in [2.45, 2.75) is 26.3 Å². The molecule has 4 nitrogen and oxygen atoms in total. The average molecular weight is 298 g/mol. The molecule has 4 heteroatoms. The predicted octanol–water partition coefficient (Wildman–Crippen LogP) is 3.70. The first kappa shape index (κ1) is 15.9. The van der Waals surface area contributed by atoms with E-state index in [1.54, 1.807) is 7.11 Å². The molecule has 0 spiro atoms.